The zero-order chi connectivity index (χ0) is 12.3. The number of hydrogen-bond acceptors (Lipinski definition) is 2. The fourth-order valence-electron chi connectivity index (χ4n) is 1.86. The quantitative estimate of drug-likeness (QED) is 0.873. The van der Waals surface area contributed by atoms with Gasteiger partial charge in [-0.25, -0.2) is 4.39 Å². The first kappa shape index (κ1) is 12.3. The normalized spacial score (nSPS) is 12.6. The molecule has 1 unspecified atom stereocenters. The lowest BCUT2D eigenvalue weighted by Crippen LogP contribution is -2.02. The lowest BCUT2D eigenvalue weighted by Gasteiger charge is -2.13. The molecule has 1 N–H and O–H groups in total. The summed E-state index contributed by atoms with van der Waals surface area (Å²) in [5.74, 6) is -0.291. The number of rotatable bonds is 4. The lowest BCUT2D eigenvalue weighted by molar-refractivity contribution is 0.166. The first-order chi connectivity index (χ1) is 8.16. The summed E-state index contributed by atoms with van der Waals surface area (Å²) in [7, 11) is 0. The molecule has 0 aliphatic rings. The summed E-state index contributed by atoms with van der Waals surface area (Å²) in [6, 6.07) is 6.60. The van der Waals surface area contributed by atoms with Crippen LogP contribution in [0.4, 0.5) is 4.39 Å². The van der Waals surface area contributed by atoms with E-state index in [0.717, 1.165) is 12.0 Å². The molecular formula is C14H15FOS. The second-order valence-corrected chi connectivity index (χ2v) is 4.97. The van der Waals surface area contributed by atoms with Crippen molar-refractivity contribution in [1.29, 1.82) is 0 Å². The van der Waals surface area contributed by atoms with E-state index in [2.05, 4.69) is 11.4 Å². The second-order valence-electron chi connectivity index (χ2n) is 4.19. The van der Waals surface area contributed by atoms with Crippen molar-refractivity contribution in [2.24, 2.45) is 0 Å². The highest BCUT2D eigenvalue weighted by Gasteiger charge is 2.11. The molecule has 1 aromatic heterocycles. The van der Waals surface area contributed by atoms with Crippen LogP contribution >= 0.6 is 11.3 Å². The maximum atomic E-state index is 13.1. The summed E-state index contributed by atoms with van der Waals surface area (Å²) in [4.78, 5) is 0. The van der Waals surface area contributed by atoms with E-state index in [0.29, 0.717) is 12.0 Å². The predicted molar refractivity (Wildman–Crippen MR) is 68.7 cm³/mol. The van der Waals surface area contributed by atoms with E-state index in [4.69, 9.17) is 0 Å². The molecule has 1 atom stereocenters. The van der Waals surface area contributed by atoms with Gasteiger partial charge in [-0.05, 0) is 65.4 Å². The van der Waals surface area contributed by atoms with Gasteiger partial charge in [-0.1, -0.05) is 6.07 Å². The van der Waals surface area contributed by atoms with Crippen LogP contribution in [0, 0.1) is 12.7 Å². The molecule has 2 aromatic rings. The number of aliphatic hydroxyl groups excluding tert-OH is 1. The van der Waals surface area contributed by atoms with Crippen LogP contribution in [0.5, 0.6) is 0 Å². The minimum atomic E-state index is -0.592. The third-order valence-electron chi connectivity index (χ3n) is 2.89. The Hall–Kier alpha value is -1.19. The smallest absolute Gasteiger partial charge is 0.123 e. The average molecular weight is 250 g/mol. The Kier molecular flexibility index (Phi) is 3.92. The molecule has 0 saturated carbocycles. The number of benzene rings is 1. The molecule has 2 rings (SSSR count). The van der Waals surface area contributed by atoms with Crippen LogP contribution in [0.3, 0.4) is 0 Å². The zero-order valence-electron chi connectivity index (χ0n) is 9.69. The maximum Gasteiger partial charge on any atom is 0.123 e. The van der Waals surface area contributed by atoms with Gasteiger partial charge in [0.15, 0.2) is 0 Å². The van der Waals surface area contributed by atoms with E-state index < -0.39 is 6.10 Å². The van der Waals surface area contributed by atoms with Gasteiger partial charge in [-0.3, -0.25) is 0 Å². The molecule has 90 valence electrons. The third kappa shape index (κ3) is 3.14. The van der Waals surface area contributed by atoms with E-state index in [1.165, 1.54) is 17.7 Å². The number of aliphatic hydroxyl groups is 1. The molecule has 0 bridgehead atoms. The largest absolute Gasteiger partial charge is 0.388 e. The monoisotopic (exact) mass is 250 g/mol. The van der Waals surface area contributed by atoms with Crippen molar-refractivity contribution in [3.63, 3.8) is 0 Å². The van der Waals surface area contributed by atoms with E-state index in [-0.39, 0.29) is 5.82 Å². The number of hydrogen-bond donors (Lipinski definition) is 1. The fraction of sp³-hybridized carbons (Fsp3) is 0.286. The zero-order valence-corrected chi connectivity index (χ0v) is 10.5. The van der Waals surface area contributed by atoms with E-state index in [1.807, 2.05) is 12.3 Å². The summed E-state index contributed by atoms with van der Waals surface area (Å²) in [5.41, 5.74) is 2.85. The van der Waals surface area contributed by atoms with Crippen LogP contribution < -0.4 is 0 Å². The molecule has 0 aliphatic carbocycles. The Bertz CT molecular complexity index is 479. The number of thiophene rings is 1. The fourth-order valence-corrected chi connectivity index (χ4v) is 2.57. The summed E-state index contributed by atoms with van der Waals surface area (Å²) in [6.07, 6.45) is 0.854. The van der Waals surface area contributed by atoms with Gasteiger partial charge in [0.1, 0.15) is 5.82 Å². The maximum absolute atomic E-state index is 13.1. The average Bonchev–Trinajstić information content (AvgIpc) is 2.82. The predicted octanol–water partition coefficient (Wildman–Crippen LogP) is 3.86. The Morgan fingerprint density at radius 2 is 2.18 bits per heavy atom. The van der Waals surface area contributed by atoms with Crippen molar-refractivity contribution in [2.45, 2.75) is 25.9 Å². The summed E-state index contributed by atoms with van der Waals surface area (Å²) >= 11 is 1.65. The minimum Gasteiger partial charge on any atom is -0.388 e. The molecule has 0 aliphatic heterocycles. The summed E-state index contributed by atoms with van der Waals surface area (Å²) in [6.45, 7) is 1.89. The Morgan fingerprint density at radius 1 is 1.35 bits per heavy atom. The van der Waals surface area contributed by atoms with Crippen LogP contribution in [0.15, 0.2) is 35.0 Å². The molecule has 1 nitrogen and oxygen atoms in total. The SMILES string of the molecule is Cc1ccc(F)cc1C(O)CCc1ccsc1. The molecule has 1 heterocycles. The van der Waals surface area contributed by atoms with Gasteiger partial charge in [0, 0.05) is 0 Å². The summed E-state index contributed by atoms with van der Waals surface area (Å²) in [5, 5.41) is 14.2. The van der Waals surface area contributed by atoms with Gasteiger partial charge in [0.05, 0.1) is 6.10 Å². The molecule has 1 aromatic carbocycles. The molecular weight excluding hydrogens is 235 g/mol. The van der Waals surface area contributed by atoms with E-state index in [1.54, 1.807) is 17.4 Å². The van der Waals surface area contributed by atoms with Crippen molar-refractivity contribution < 1.29 is 9.50 Å². The van der Waals surface area contributed by atoms with Crippen molar-refractivity contribution in [1.82, 2.24) is 0 Å². The molecule has 3 heteroatoms. The van der Waals surface area contributed by atoms with Crippen molar-refractivity contribution in [2.75, 3.05) is 0 Å². The van der Waals surface area contributed by atoms with Crippen LogP contribution in [0.25, 0.3) is 0 Å². The van der Waals surface area contributed by atoms with Crippen molar-refractivity contribution in [3.05, 3.63) is 57.5 Å². The lowest BCUT2D eigenvalue weighted by atomic mass is 9.98. The Morgan fingerprint density at radius 3 is 2.88 bits per heavy atom. The highest BCUT2D eigenvalue weighted by atomic mass is 32.1. The van der Waals surface area contributed by atoms with Gasteiger partial charge >= 0.3 is 0 Å². The van der Waals surface area contributed by atoms with E-state index in [9.17, 15) is 9.50 Å². The topological polar surface area (TPSA) is 20.2 Å². The van der Waals surface area contributed by atoms with Gasteiger partial charge in [-0.15, -0.1) is 0 Å². The number of halogens is 1. The van der Waals surface area contributed by atoms with Crippen LogP contribution in [0.1, 0.15) is 29.2 Å². The van der Waals surface area contributed by atoms with E-state index >= 15 is 0 Å². The molecule has 17 heavy (non-hydrogen) atoms. The first-order valence-corrected chi connectivity index (χ1v) is 6.56. The first-order valence-electron chi connectivity index (χ1n) is 5.62. The number of aryl methyl sites for hydroxylation is 2. The summed E-state index contributed by atoms with van der Waals surface area (Å²) < 4.78 is 13.1. The van der Waals surface area contributed by atoms with Crippen LogP contribution in [-0.4, -0.2) is 5.11 Å². The van der Waals surface area contributed by atoms with Crippen molar-refractivity contribution >= 4 is 11.3 Å². The Labute approximate surface area is 105 Å². The van der Waals surface area contributed by atoms with Gasteiger partial charge in [0.2, 0.25) is 0 Å². The molecule has 0 saturated heterocycles. The molecule has 0 spiro atoms. The van der Waals surface area contributed by atoms with Crippen LogP contribution in [-0.2, 0) is 6.42 Å². The third-order valence-corrected chi connectivity index (χ3v) is 3.62. The molecule has 0 amide bonds. The van der Waals surface area contributed by atoms with Crippen LogP contribution in [0.2, 0.25) is 0 Å². The van der Waals surface area contributed by atoms with Gasteiger partial charge in [-0.2, -0.15) is 11.3 Å². The van der Waals surface area contributed by atoms with Gasteiger partial charge in [0.25, 0.3) is 0 Å². The molecule has 0 fully saturated rings. The molecule has 0 radical (unpaired) electrons. The minimum absolute atomic E-state index is 0.291. The standard InChI is InChI=1S/C14H15FOS/c1-10-2-4-12(15)8-13(10)14(16)5-3-11-6-7-17-9-11/h2,4,6-9,14,16H,3,5H2,1H3. The highest BCUT2D eigenvalue weighted by molar-refractivity contribution is 7.07. The van der Waals surface area contributed by atoms with Crippen molar-refractivity contribution in [3.8, 4) is 0 Å². The second kappa shape index (κ2) is 5.43. The highest BCUT2D eigenvalue weighted by Crippen LogP contribution is 2.23. The Balaban J connectivity index is 2.04. The van der Waals surface area contributed by atoms with Gasteiger partial charge < -0.3 is 5.11 Å².